The van der Waals surface area contributed by atoms with Crippen LogP contribution in [0.5, 0.6) is 0 Å². The molecule has 0 aliphatic carbocycles. The zero-order valence-corrected chi connectivity index (χ0v) is 11.8. The molecule has 1 aliphatic heterocycles. The molecule has 2 rings (SSSR count). The van der Waals surface area contributed by atoms with Gasteiger partial charge in [-0.2, -0.15) is 0 Å². The second-order valence-corrected chi connectivity index (χ2v) is 4.83. The van der Waals surface area contributed by atoms with Crippen molar-refractivity contribution in [3.8, 4) is 0 Å². The third kappa shape index (κ3) is 3.54. The van der Waals surface area contributed by atoms with E-state index in [1.54, 1.807) is 17.1 Å². The van der Waals surface area contributed by atoms with Gasteiger partial charge in [-0.15, -0.1) is 0 Å². The number of imidazole rings is 1. The van der Waals surface area contributed by atoms with Gasteiger partial charge in [0.05, 0.1) is 31.9 Å². The van der Waals surface area contributed by atoms with Crippen molar-refractivity contribution < 1.29 is 14.6 Å². The average molecular weight is 283 g/mol. The number of aromatic nitrogens is 2. The highest BCUT2D eigenvalue weighted by Crippen LogP contribution is 2.17. The van der Waals surface area contributed by atoms with E-state index >= 15 is 0 Å². The van der Waals surface area contributed by atoms with Gasteiger partial charge >= 0.3 is 0 Å². The number of aliphatic imine (C=N–C) groups is 1. The smallest absolute Gasteiger partial charge is 0.171 e. The van der Waals surface area contributed by atoms with Gasteiger partial charge in [0, 0.05) is 0 Å². The third-order valence-electron chi connectivity index (χ3n) is 2.85. The van der Waals surface area contributed by atoms with E-state index in [4.69, 9.17) is 15.3 Å². The Morgan fingerprint density at radius 3 is 2.95 bits per heavy atom. The summed E-state index contributed by atoms with van der Waals surface area (Å²) in [6, 6.07) is 0. The molecule has 1 atom stereocenters. The van der Waals surface area contributed by atoms with Crippen LogP contribution in [-0.2, 0) is 16.2 Å². The quantitative estimate of drug-likeness (QED) is 0.667. The van der Waals surface area contributed by atoms with Crippen molar-refractivity contribution >= 4 is 12.0 Å². The Labute approximate surface area is 117 Å². The lowest BCUT2D eigenvalue weighted by molar-refractivity contribution is -0.0784. The molecule has 1 aliphatic rings. The summed E-state index contributed by atoms with van der Waals surface area (Å²) in [6.45, 7) is 4.78. The first-order chi connectivity index (χ1) is 9.61. The summed E-state index contributed by atoms with van der Waals surface area (Å²) in [6.07, 6.45) is 3.09. The van der Waals surface area contributed by atoms with Crippen LogP contribution in [0.3, 0.4) is 0 Å². The molecule has 0 radical (unpaired) electrons. The highest BCUT2D eigenvalue weighted by Gasteiger charge is 2.18. The van der Waals surface area contributed by atoms with Gasteiger partial charge in [0.25, 0.3) is 0 Å². The zero-order chi connectivity index (χ0) is 14.5. The van der Waals surface area contributed by atoms with Crippen molar-refractivity contribution in [3.05, 3.63) is 12.0 Å². The molecule has 0 saturated heterocycles. The average Bonchev–Trinajstić information content (AvgIpc) is 2.83. The minimum Gasteiger partial charge on any atom is -0.394 e. The van der Waals surface area contributed by atoms with Crippen LogP contribution in [0.2, 0.25) is 0 Å². The first-order valence-electron chi connectivity index (χ1n) is 6.53. The summed E-state index contributed by atoms with van der Waals surface area (Å²) >= 11 is 0. The Balaban J connectivity index is 1.92. The van der Waals surface area contributed by atoms with Gasteiger partial charge in [-0.1, -0.05) is 0 Å². The molecule has 112 valence electrons. The molecule has 2 heterocycles. The molecule has 0 fully saturated rings. The summed E-state index contributed by atoms with van der Waals surface area (Å²) in [5, 5.41) is 10.7. The molecule has 1 aromatic heterocycles. The topological polar surface area (TPSA) is 98.1 Å². The number of nitrogens with zero attached hydrogens (tertiary/aromatic N) is 4. The van der Waals surface area contributed by atoms with Crippen LogP contribution < -0.4 is 10.9 Å². The fraction of sp³-hybridized carbons (Fsp3) is 0.667. The van der Waals surface area contributed by atoms with Crippen molar-refractivity contribution in [1.29, 1.82) is 0 Å². The van der Waals surface area contributed by atoms with Crippen molar-refractivity contribution in [2.24, 2.45) is 10.8 Å². The van der Waals surface area contributed by atoms with E-state index in [0.29, 0.717) is 19.1 Å². The van der Waals surface area contributed by atoms with Crippen LogP contribution >= 0.6 is 0 Å². The number of hydrazine groups is 1. The van der Waals surface area contributed by atoms with Gasteiger partial charge in [-0.3, -0.25) is 10.0 Å². The van der Waals surface area contributed by atoms with E-state index in [9.17, 15) is 5.11 Å². The SMILES string of the molecule is CC(C)OCC(CO)OCn1cnc2c1C=NCN2N. The molecular formula is C12H21N5O3. The van der Waals surface area contributed by atoms with E-state index in [1.807, 2.05) is 13.8 Å². The summed E-state index contributed by atoms with van der Waals surface area (Å²) in [5.74, 6) is 6.43. The first-order valence-corrected chi connectivity index (χ1v) is 6.53. The van der Waals surface area contributed by atoms with Crippen molar-refractivity contribution in [3.63, 3.8) is 0 Å². The molecule has 0 amide bonds. The maximum Gasteiger partial charge on any atom is 0.171 e. The molecule has 0 bridgehead atoms. The van der Waals surface area contributed by atoms with E-state index < -0.39 is 0 Å². The van der Waals surface area contributed by atoms with Crippen LogP contribution in [0.1, 0.15) is 19.5 Å². The second kappa shape index (κ2) is 6.80. The minimum absolute atomic E-state index is 0.0965. The molecule has 0 aromatic carbocycles. The van der Waals surface area contributed by atoms with E-state index in [2.05, 4.69) is 9.98 Å². The van der Waals surface area contributed by atoms with Crippen molar-refractivity contribution in [2.75, 3.05) is 24.9 Å². The largest absolute Gasteiger partial charge is 0.394 e. The number of hydrogen-bond donors (Lipinski definition) is 2. The monoisotopic (exact) mass is 283 g/mol. The normalized spacial score (nSPS) is 15.8. The minimum atomic E-state index is -0.370. The highest BCUT2D eigenvalue weighted by atomic mass is 16.5. The van der Waals surface area contributed by atoms with E-state index in [1.165, 1.54) is 5.01 Å². The zero-order valence-electron chi connectivity index (χ0n) is 11.8. The van der Waals surface area contributed by atoms with Crippen molar-refractivity contribution in [2.45, 2.75) is 32.8 Å². The molecule has 8 nitrogen and oxygen atoms in total. The Hall–Kier alpha value is -1.48. The molecule has 1 unspecified atom stereocenters. The molecule has 1 aromatic rings. The number of fused-ring (bicyclic) bond motifs is 1. The van der Waals surface area contributed by atoms with E-state index in [0.717, 1.165) is 5.69 Å². The standard InChI is InChI=1S/C12H21N5O3/c1-9(2)19-5-10(4-18)20-8-16-7-15-12-11(16)3-14-6-17(12)13/h3,7,9-10,18H,4-6,8,13H2,1-2H3. The number of ether oxygens (including phenoxy) is 2. The first kappa shape index (κ1) is 14.9. The third-order valence-corrected chi connectivity index (χ3v) is 2.85. The Morgan fingerprint density at radius 2 is 2.25 bits per heavy atom. The summed E-state index contributed by atoms with van der Waals surface area (Å²) in [4.78, 5) is 8.34. The maximum atomic E-state index is 9.26. The number of aliphatic hydroxyl groups is 1. The fourth-order valence-corrected chi connectivity index (χ4v) is 1.76. The summed E-state index contributed by atoms with van der Waals surface area (Å²) in [7, 11) is 0. The Bertz CT molecular complexity index is 460. The lowest BCUT2D eigenvalue weighted by atomic mass is 10.4. The maximum absolute atomic E-state index is 9.26. The fourth-order valence-electron chi connectivity index (χ4n) is 1.76. The summed E-state index contributed by atoms with van der Waals surface area (Å²) in [5.41, 5.74) is 0.792. The number of nitrogens with two attached hydrogens (primary N) is 1. The highest BCUT2D eigenvalue weighted by molar-refractivity contribution is 5.86. The van der Waals surface area contributed by atoms with Crippen LogP contribution in [0.4, 0.5) is 5.82 Å². The van der Waals surface area contributed by atoms with Gasteiger partial charge in [-0.25, -0.2) is 10.8 Å². The van der Waals surface area contributed by atoms with Gasteiger partial charge in [0.1, 0.15) is 25.2 Å². The molecule has 0 spiro atoms. The predicted octanol–water partition coefficient (Wildman–Crippen LogP) is -0.287. The van der Waals surface area contributed by atoms with Gasteiger partial charge in [-0.05, 0) is 13.8 Å². The molecule has 0 saturated carbocycles. The van der Waals surface area contributed by atoms with Gasteiger partial charge < -0.3 is 19.1 Å². The number of aliphatic hydroxyl groups excluding tert-OH is 1. The number of anilines is 1. The van der Waals surface area contributed by atoms with Crippen LogP contribution in [-0.4, -0.2) is 53.0 Å². The van der Waals surface area contributed by atoms with Crippen LogP contribution in [0.15, 0.2) is 11.3 Å². The van der Waals surface area contributed by atoms with Gasteiger partial charge in [0.2, 0.25) is 0 Å². The molecule has 20 heavy (non-hydrogen) atoms. The lowest BCUT2D eigenvalue weighted by Gasteiger charge is -2.20. The second-order valence-electron chi connectivity index (χ2n) is 4.83. The summed E-state index contributed by atoms with van der Waals surface area (Å²) < 4.78 is 12.8. The number of rotatable bonds is 7. The van der Waals surface area contributed by atoms with Crippen molar-refractivity contribution in [1.82, 2.24) is 9.55 Å². The molecule has 3 N–H and O–H groups in total. The van der Waals surface area contributed by atoms with Crippen LogP contribution in [0, 0.1) is 0 Å². The Morgan fingerprint density at radius 1 is 1.45 bits per heavy atom. The Kier molecular flexibility index (Phi) is 5.07. The van der Waals surface area contributed by atoms with E-state index in [-0.39, 0.29) is 25.5 Å². The van der Waals surface area contributed by atoms with Gasteiger partial charge in [0.15, 0.2) is 5.82 Å². The lowest BCUT2D eigenvalue weighted by Crippen LogP contribution is -2.34. The van der Waals surface area contributed by atoms with Crippen LogP contribution in [0.25, 0.3) is 0 Å². The molecular weight excluding hydrogens is 262 g/mol. The predicted molar refractivity (Wildman–Crippen MR) is 74.4 cm³/mol. The molecule has 8 heteroatoms. The number of hydrogen-bond acceptors (Lipinski definition) is 7.